The number of pyridine rings is 1. The lowest BCUT2D eigenvalue weighted by Gasteiger charge is -2.31. The van der Waals surface area contributed by atoms with Crippen LogP contribution in [0.25, 0.3) is 22.3 Å². The van der Waals surface area contributed by atoms with E-state index >= 15 is 4.39 Å². The first-order chi connectivity index (χ1) is 18.9. The number of hydrogen-bond acceptors (Lipinski definition) is 7. The van der Waals surface area contributed by atoms with Gasteiger partial charge in [0.05, 0.1) is 11.7 Å². The Bertz CT molecular complexity index is 1620. The number of nitrogens with one attached hydrogen (secondary N) is 1. The number of nitrogens with zero attached hydrogens (tertiary/aromatic N) is 7. The summed E-state index contributed by atoms with van der Waals surface area (Å²) in [6.07, 6.45) is 1.86. The molecule has 0 saturated heterocycles. The predicted molar refractivity (Wildman–Crippen MR) is 154 cm³/mol. The van der Waals surface area contributed by atoms with E-state index in [0.717, 1.165) is 50.1 Å². The van der Waals surface area contributed by atoms with E-state index in [0.29, 0.717) is 22.7 Å². The highest BCUT2D eigenvalue weighted by atomic mass is 31.2. The summed E-state index contributed by atoms with van der Waals surface area (Å²) in [7, 11) is -0.347. The first-order valence-corrected chi connectivity index (χ1v) is 15.9. The summed E-state index contributed by atoms with van der Waals surface area (Å²) in [6, 6.07) is 6.90. The molecule has 0 fully saturated rings. The fraction of sp³-hybridized carbons (Fsp3) is 0.429. The van der Waals surface area contributed by atoms with E-state index in [1.807, 2.05) is 49.2 Å². The minimum Gasteiger partial charge on any atom is -0.326 e. The molecule has 4 aromatic rings. The second kappa shape index (κ2) is 11.0. The molecule has 212 valence electrons. The van der Waals surface area contributed by atoms with Crippen LogP contribution in [0.3, 0.4) is 0 Å². The van der Waals surface area contributed by atoms with Crippen molar-refractivity contribution in [2.75, 3.05) is 45.3 Å². The summed E-state index contributed by atoms with van der Waals surface area (Å²) in [5, 5.41) is 3.08. The van der Waals surface area contributed by atoms with Gasteiger partial charge in [-0.1, -0.05) is 6.07 Å². The number of fused-ring (bicyclic) bond motifs is 2. The van der Waals surface area contributed by atoms with Crippen LogP contribution in [0.15, 0.2) is 30.5 Å². The Kier molecular flexibility index (Phi) is 7.74. The molecule has 0 amide bonds. The van der Waals surface area contributed by atoms with Gasteiger partial charge in [0.1, 0.15) is 30.1 Å². The molecular formula is C28H35F2N8OP. The van der Waals surface area contributed by atoms with Crippen molar-refractivity contribution in [1.82, 2.24) is 34.1 Å². The molecule has 4 heterocycles. The topological polar surface area (TPSA) is 92.1 Å². The fourth-order valence-electron chi connectivity index (χ4n) is 5.06. The number of rotatable bonds is 8. The molecule has 0 unspecified atom stereocenters. The lowest BCUT2D eigenvalue weighted by Crippen LogP contribution is -2.36. The molecule has 3 aromatic heterocycles. The van der Waals surface area contributed by atoms with Crippen LogP contribution in [-0.2, 0) is 17.5 Å². The standard InChI is InChI=1S/C28H35F2N8OP/c1-17(2)38-18(3)32-27-21(29)13-20(14-24(27)38)26-22(30)15-31-28(35-26)34-25-8-7-19-16-37(10-9-23(19)33-25)12-11-36(4)40(5,6)39/h7-8,13-15,17H,9-12,16H2,1-6H3,(H,31,33,34,35). The van der Waals surface area contributed by atoms with E-state index in [1.165, 1.54) is 6.07 Å². The van der Waals surface area contributed by atoms with Crippen molar-refractivity contribution >= 4 is 30.1 Å². The van der Waals surface area contributed by atoms with Gasteiger partial charge >= 0.3 is 0 Å². The number of likely N-dealkylation sites (N-methyl/N-ethyl adjacent to an activating group) is 1. The molecule has 0 bridgehead atoms. The normalized spacial score (nSPS) is 14.3. The first kappa shape index (κ1) is 28.3. The summed E-state index contributed by atoms with van der Waals surface area (Å²) in [4.78, 5) is 19.9. The van der Waals surface area contributed by atoms with Gasteiger partial charge in [-0.05, 0) is 51.6 Å². The van der Waals surface area contributed by atoms with Crippen molar-refractivity contribution in [3.8, 4) is 11.3 Å². The molecule has 0 saturated carbocycles. The zero-order valence-corrected chi connectivity index (χ0v) is 24.6. The molecule has 5 rings (SSSR count). The molecule has 1 aliphatic heterocycles. The number of anilines is 2. The second-order valence-electron chi connectivity index (χ2n) is 11.0. The van der Waals surface area contributed by atoms with Crippen molar-refractivity contribution in [2.45, 2.75) is 39.8 Å². The van der Waals surface area contributed by atoms with Gasteiger partial charge in [-0.2, -0.15) is 0 Å². The van der Waals surface area contributed by atoms with Gasteiger partial charge in [-0.3, -0.25) is 9.57 Å². The average molecular weight is 569 g/mol. The molecule has 1 N–H and O–H groups in total. The Morgan fingerprint density at radius 2 is 1.90 bits per heavy atom. The quantitative estimate of drug-likeness (QED) is 0.274. The third-order valence-electron chi connectivity index (χ3n) is 7.39. The molecule has 40 heavy (non-hydrogen) atoms. The van der Waals surface area contributed by atoms with Crippen molar-refractivity contribution < 1.29 is 13.3 Å². The van der Waals surface area contributed by atoms with Crippen LogP contribution in [0.2, 0.25) is 0 Å². The Morgan fingerprint density at radius 1 is 1.12 bits per heavy atom. The monoisotopic (exact) mass is 568 g/mol. The van der Waals surface area contributed by atoms with Crippen LogP contribution >= 0.6 is 7.29 Å². The zero-order chi connectivity index (χ0) is 28.8. The highest BCUT2D eigenvalue weighted by Gasteiger charge is 2.22. The summed E-state index contributed by atoms with van der Waals surface area (Å²) < 4.78 is 46.0. The third kappa shape index (κ3) is 5.77. The Balaban J connectivity index is 1.35. The van der Waals surface area contributed by atoms with Gasteiger partial charge in [0.2, 0.25) is 5.95 Å². The maximum Gasteiger partial charge on any atom is 0.229 e. The van der Waals surface area contributed by atoms with Gasteiger partial charge in [0.15, 0.2) is 11.6 Å². The molecule has 9 nitrogen and oxygen atoms in total. The molecular weight excluding hydrogens is 533 g/mol. The molecule has 12 heteroatoms. The van der Waals surface area contributed by atoms with Gasteiger partial charge in [-0.25, -0.2) is 28.7 Å². The highest BCUT2D eigenvalue weighted by Crippen LogP contribution is 2.39. The van der Waals surface area contributed by atoms with E-state index in [4.69, 9.17) is 4.98 Å². The maximum absolute atomic E-state index is 15.0. The van der Waals surface area contributed by atoms with E-state index in [9.17, 15) is 8.96 Å². The van der Waals surface area contributed by atoms with Crippen molar-refractivity contribution in [2.24, 2.45) is 0 Å². The van der Waals surface area contributed by atoms with Crippen LogP contribution in [0.5, 0.6) is 0 Å². The first-order valence-electron chi connectivity index (χ1n) is 13.4. The number of halogens is 2. The summed E-state index contributed by atoms with van der Waals surface area (Å²) in [5.74, 6) is 0.231. The molecule has 0 aliphatic carbocycles. The number of aryl methyl sites for hydroxylation is 1. The Morgan fingerprint density at radius 3 is 2.62 bits per heavy atom. The van der Waals surface area contributed by atoms with Gasteiger partial charge in [0.25, 0.3) is 0 Å². The Hall–Kier alpha value is -3.27. The van der Waals surface area contributed by atoms with Gasteiger partial charge in [-0.15, -0.1) is 0 Å². The van der Waals surface area contributed by atoms with E-state index in [1.54, 1.807) is 19.4 Å². The minimum atomic E-state index is -2.25. The molecule has 1 aliphatic rings. The van der Waals surface area contributed by atoms with E-state index in [-0.39, 0.29) is 23.2 Å². The van der Waals surface area contributed by atoms with Crippen LogP contribution in [0.1, 0.15) is 37.0 Å². The number of imidazole rings is 1. The highest BCUT2D eigenvalue weighted by molar-refractivity contribution is 7.59. The molecule has 0 spiro atoms. The number of benzene rings is 1. The van der Waals surface area contributed by atoms with Crippen LogP contribution < -0.4 is 5.32 Å². The summed E-state index contributed by atoms with van der Waals surface area (Å²) in [6.45, 7) is 12.6. The predicted octanol–water partition coefficient (Wildman–Crippen LogP) is 5.63. The van der Waals surface area contributed by atoms with Crippen molar-refractivity contribution in [3.63, 3.8) is 0 Å². The second-order valence-corrected chi connectivity index (χ2v) is 14.2. The minimum absolute atomic E-state index is 0.00488. The van der Waals surface area contributed by atoms with Crippen molar-refractivity contribution in [1.29, 1.82) is 0 Å². The smallest absolute Gasteiger partial charge is 0.229 e. The fourth-order valence-corrected chi connectivity index (χ4v) is 5.63. The zero-order valence-electron chi connectivity index (χ0n) is 23.7. The van der Waals surface area contributed by atoms with Crippen LogP contribution in [-0.4, -0.2) is 74.1 Å². The molecule has 0 radical (unpaired) electrons. The third-order valence-corrected chi connectivity index (χ3v) is 9.23. The van der Waals surface area contributed by atoms with Crippen molar-refractivity contribution in [3.05, 3.63) is 59.2 Å². The number of hydrogen-bond donors (Lipinski definition) is 1. The molecule has 0 atom stereocenters. The largest absolute Gasteiger partial charge is 0.326 e. The maximum atomic E-state index is 15.0. The lowest BCUT2D eigenvalue weighted by molar-refractivity contribution is 0.238. The average Bonchev–Trinajstić information content (AvgIpc) is 3.24. The van der Waals surface area contributed by atoms with Gasteiger partial charge < -0.3 is 14.4 Å². The SMILES string of the molecule is Cc1nc2c(F)cc(-c3nc(Nc4ccc5c(n4)CCN(CCN(C)P(C)(C)=O)C5)ncc3F)cc2n1C(C)C. The molecule has 1 aromatic carbocycles. The Labute approximate surface area is 233 Å². The summed E-state index contributed by atoms with van der Waals surface area (Å²) >= 11 is 0. The van der Waals surface area contributed by atoms with Gasteiger partial charge in [0, 0.05) is 63.2 Å². The number of aromatic nitrogens is 5. The summed E-state index contributed by atoms with van der Waals surface area (Å²) in [5.41, 5.74) is 3.26. The van der Waals surface area contributed by atoms with E-state index < -0.39 is 18.9 Å². The van der Waals surface area contributed by atoms with Crippen LogP contribution in [0, 0.1) is 18.6 Å². The lowest BCUT2D eigenvalue weighted by atomic mass is 10.1. The van der Waals surface area contributed by atoms with Crippen LogP contribution in [0.4, 0.5) is 20.5 Å². The van der Waals surface area contributed by atoms with E-state index in [2.05, 4.69) is 25.2 Å².